The molecule has 0 bridgehead atoms. The summed E-state index contributed by atoms with van der Waals surface area (Å²) in [6.07, 6.45) is -4.23. The molecule has 0 unspecified atom stereocenters. The van der Waals surface area contributed by atoms with Crippen molar-refractivity contribution in [2.75, 3.05) is 25.1 Å². The van der Waals surface area contributed by atoms with Crippen molar-refractivity contribution in [3.8, 4) is 22.6 Å². The molecule has 10 heteroatoms. The lowest BCUT2D eigenvalue weighted by molar-refractivity contribution is -0.143. The molecule has 0 saturated carbocycles. The van der Waals surface area contributed by atoms with Crippen LogP contribution in [0.3, 0.4) is 0 Å². The third-order valence-electron chi connectivity index (χ3n) is 7.08. The molecule has 4 rings (SSSR count). The number of rotatable bonds is 11. The molecule has 1 atom stereocenters. The first-order valence-electron chi connectivity index (χ1n) is 14.0. The summed E-state index contributed by atoms with van der Waals surface area (Å²) < 4.78 is 49.3. The van der Waals surface area contributed by atoms with Crippen LogP contribution in [-0.2, 0) is 22.1 Å². The number of carbonyl (C=O) groups excluding carboxylic acids is 2. The SMILES string of the molecule is CCN(CC)c1ccc(Cl)cc1C(=O)N[C@@H](Cc1ccc(-c2cccc(Oc3ccc(C(F)(F)F)cc3)c2)cc1)C(=O)OC. The highest BCUT2D eigenvalue weighted by Gasteiger charge is 2.30. The second-order valence-electron chi connectivity index (χ2n) is 9.94. The van der Waals surface area contributed by atoms with Gasteiger partial charge in [-0.1, -0.05) is 48.0 Å². The second-order valence-corrected chi connectivity index (χ2v) is 10.4. The number of halogens is 4. The molecule has 230 valence electrons. The van der Waals surface area contributed by atoms with Gasteiger partial charge in [0.05, 0.1) is 18.2 Å². The van der Waals surface area contributed by atoms with Crippen molar-refractivity contribution in [1.29, 1.82) is 0 Å². The van der Waals surface area contributed by atoms with Crippen molar-refractivity contribution < 1.29 is 32.2 Å². The van der Waals surface area contributed by atoms with E-state index in [9.17, 15) is 22.8 Å². The molecule has 0 heterocycles. The van der Waals surface area contributed by atoms with E-state index >= 15 is 0 Å². The maximum Gasteiger partial charge on any atom is 0.416 e. The second kappa shape index (κ2) is 14.3. The summed E-state index contributed by atoms with van der Waals surface area (Å²) >= 11 is 6.21. The van der Waals surface area contributed by atoms with Gasteiger partial charge in [0, 0.05) is 30.2 Å². The highest BCUT2D eigenvalue weighted by molar-refractivity contribution is 6.31. The Labute approximate surface area is 259 Å². The van der Waals surface area contributed by atoms with Crippen LogP contribution in [0, 0.1) is 0 Å². The van der Waals surface area contributed by atoms with Crippen molar-refractivity contribution in [2.45, 2.75) is 32.5 Å². The molecule has 44 heavy (non-hydrogen) atoms. The van der Waals surface area contributed by atoms with Crippen molar-refractivity contribution in [3.05, 3.63) is 113 Å². The molecule has 0 aliphatic rings. The molecule has 0 aromatic heterocycles. The van der Waals surface area contributed by atoms with Crippen LogP contribution in [0.25, 0.3) is 11.1 Å². The Morgan fingerprint density at radius 3 is 2.16 bits per heavy atom. The number of alkyl halides is 3. The van der Waals surface area contributed by atoms with E-state index in [-0.39, 0.29) is 12.2 Å². The van der Waals surface area contributed by atoms with Gasteiger partial charge in [-0.15, -0.1) is 0 Å². The monoisotopic (exact) mass is 624 g/mol. The molecule has 6 nitrogen and oxygen atoms in total. The molecule has 4 aromatic carbocycles. The normalized spacial score (nSPS) is 11.9. The fourth-order valence-electron chi connectivity index (χ4n) is 4.76. The molecule has 0 spiro atoms. The molecule has 0 aliphatic heterocycles. The van der Waals surface area contributed by atoms with Gasteiger partial charge in [0.1, 0.15) is 17.5 Å². The van der Waals surface area contributed by atoms with Gasteiger partial charge in [0.15, 0.2) is 0 Å². The van der Waals surface area contributed by atoms with Gasteiger partial charge in [-0.2, -0.15) is 13.2 Å². The predicted molar refractivity (Wildman–Crippen MR) is 165 cm³/mol. The summed E-state index contributed by atoms with van der Waals surface area (Å²) in [5.41, 5.74) is 2.80. The minimum Gasteiger partial charge on any atom is -0.467 e. The number of amides is 1. The summed E-state index contributed by atoms with van der Waals surface area (Å²) in [6.45, 7) is 5.36. The van der Waals surface area contributed by atoms with E-state index in [1.807, 2.05) is 49.1 Å². The van der Waals surface area contributed by atoms with Crippen molar-refractivity contribution in [2.24, 2.45) is 0 Å². The summed E-state index contributed by atoms with van der Waals surface area (Å²) in [5.74, 6) is -0.276. The average molecular weight is 625 g/mol. The Kier molecular flexibility index (Phi) is 10.5. The van der Waals surface area contributed by atoms with Gasteiger partial charge in [-0.3, -0.25) is 4.79 Å². The number of anilines is 1. The quantitative estimate of drug-likeness (QED) is 0.171. The van der Waals surface area contributed by atoms with Gasteiger partial charge in [0.2, 0.25) is 0 Å². The maximum atomic E-state index is 13.4. The standard InChI is InChI=1S/C34H32ClF3N2O4/c1-4-40(5-2)31-18-15-26(35)21-29(31)32(41)39-30(33(42)43-3)19-22-9-11-23(12-10-22)24-7-6-8-28(20-24)44-27-16-13-25(14-17-27)34(36,37)38/h6-18,20-21,30H,4-5,19H2,1-3H3,(H,39,41)/t30-/m0/s1. The summed E-state index contributed by atoms with van der Waals surface area (Å²) in [5, 5.41) is 3.22. The van der Waals surface area contributed by atoms with E-state index in [2.05, 4.69) is 5.32 Å². The number of esters is 1. The lowest BCUT2D eigenvalue weighted by Crippen LogP contribution is -2.43. The van der Waals surface area contributed by atoms with Crippen LogP contribution >= 0.6 is 11.6 Å². The third kappa shape index (κ3) is 8.11. The fourth-order valence-corrected chi connectivity index (χ4v) is 4.93. The molecule has 0 radical (unpaired) electrons. The Bertz CT molecular complexity index is 1590. The van der Waals surface area contributed by atoms with Crippen LogP contribution in [0.15, 0.2) is 91.0 Å². The zero-order valence-electron chi connectivity index (χ0n) is 24.5. The number of methoxy groups -OCH3 is 1. The van der Waals surface area contributed by atoms with Crippen LogP contribution < -0.4 is 15.0 Å². The average Bonchev–Trinajstić information content (AvgIpc) is 3.01. The Balaban J connectivity index is 1.48. The first kappa shape index (κ1) is 32.4. The van der Waals surface area contributed by atoms with E-state index in [1.54, 1.807) is 36.4 Å². The highest BCUT2D eigenvalue weighted by Crippen LogP contribution is 2.32. The number of ether oxygens (including phenoxy) is 2. The number of carbonyl (C=O) groups is 2. The smallest absolute Gasteiger partial charge is 0.416 e. The topological polar surface area (TPSA) is 67.9 Å². The van der Waals surface area contributed by atoms with E-state index in [1.165, 1.54) is 19.2 Å². The first-order chi connectivity index (χ1) is 21.0. The third-order valence-corrected chi connectivity index (χ3v) is 7.31. The Morgan fingerprint density at radius 1 is 0.864 bits per heavy atom. The van der Waals surface area contributed by atoms with Gasteiger partial charge in [-0.25, -0.2) is 4.79 Å². The van der Waals surface area contributed by atoms with Crippen LogP contribution in [0.5, 0.6) is 11.5 Å². The van der Waals surface area contributed by atoms with Gasteiger partial charge >= 0.3 is 12.1 Å². The Morgan fingerprint density at radius 2 is 1.55 bits per heavy atom. The van der Waals surface area contributed by atoms with E-state index in [0.717, 1.165) is 34.5 Å². The number of benzene rings is 4. The molecular weight excluding hydrogens is 593 g/mol. The number of nitrogens with zero attached hydrogens (tertiary/aromatic N) is 1. The van der Waals surface area contributed by atoms with Crippen molar-refractivity contribution in [3.63, 3.8) is 0 Å². The zero-order chi connectivity index (χ0) is 31.9. The van der Waals surface area contributed by atoms with Crippen LogP contribution in [-0.4, -0.2) is 38.1 Å². The summed E-state index contributed by atoms with van der Waals surface area (Å²) in [6, 6.07) is 23.3. The zero-order valence-corrected chi connectivity index (χ0v) is 25.2. The predicted octanol–water partition coefficient (Wildman–Crippen LogP) is 8.18. The van der Waals surface area contributed by atoms with Gasteiger partial charge in [-0.05, 0) is 85.1 Å². The van der Waals surface area contributed by atoms with Gasteiger partial charge < -0.3 is 19.7 Å². The molecule has 0 fully saturated rings. The lowest BCUT2D eigenvalue weighted by atomic mass is 10.00. The highest BCUT2D eigenvalue weighted by atomic mass is 35.5. The molecule has 0 aliphatic carbocycles. The van der Waals surface area contributed by atoms with Gasteiger partial charge in [0.25, 0.3) is 5.91 Å². The first-order valence-corrected chi connectivity index (χ1v) is 14.4. The van der Waals surface area contributed by atoms with E-state index in [4.69, 9.17) is 21.1 Å². The number of hydrogen-bond acceptors (Lipinski definition) is 5. The summed E-state index contributed by atoms with van der Waals surface area (Å²) in [7, 11) is 1.27. The summed E-state index contributed by atoms with van der Waals surface area (Å²) in [4.78, 5) is 28.1. The molecule has 1 N–H and O–H groups in total. The number of hydrogen-bond donors (Lipinski definition) is 1. The molecule has 4 aromatic rings. The largest absolute Gasteiger partial charge is 0.467 e. The molecule has 0 saturated heterocycles. The minimum atomic E-state index is -4.42. The minimum absolute atomic E-state index is 0.191. The maximum absolute atomic E-state index is 13.4. The number of nitrogens with one attached hydrogen (secondary N) is 1. The van der Waals surface area contributed by atoms with Crippen LogP contribution in [0.1, 0.15) is 35.3 Å². The van der Waals surface area contributed by atoms with Crippen molar-refractivity contribution in [1.82, 2.24) is 5.32 Å². The molecular formula is C34H32ClF3N2O4. The van der Waals surface area contributed by atoms with E-state index in [0.29, 0.717) is 29.4 Å². The van der Waals surface area contributed by atoms with Crippen LogP contribution in [0.4, 0.5) is 18.9 Å². The lowest BCUT2D eigenvalue weighted by Gasteiger charge is -2.25. The van der Waals surface area contributed by atoms with E-state index < -0.39 is 29.7 Å². The molecule has 1 amide bonds. The fraction of sp³-hybridized carbons (Fsp3) is 0.235. The van der Waals surface area contributed by atoms with Crippen LogP contribution in [0.2, 0.25) is 5.02 Å². The Hall–Kier alpha value is -4.50. The van der Waals surface area contributed by atoms with Crippen molar-refractivity contribution >= 4 is 29.2 Å².